The molecule has 0 aliphatic rings. The summed E-state index contributed by atoms with van der Waals surface area (Å²) in [5.74, 6) is -0.399. The van der Waals surface area contributed by atoms with Gasteiger partial charge < -0.3 is 4.74 Å². The van der Waals surface area contributed by atoms with Crippen LogP contribution >= 0.6 is 23.1 Å². The van der Waals surface area contributed by atoms with Gasteiger partial charge in [-0.25, -0.2) is 13.9 Å². The average molecular weight is 352 g/mol. The highest BCUT2D eigenvalue weighted by atomic mass is 32.2. The highest BCUT2D eigenvalue weighted by Gasteiger charge is 2.22. The predicted molar refractivity (Wildman–Crippen MR) is 86.1 cm³/mol. The van der Waals surface area contributed by atoms with Crippen molar-refractivity contribution in [2.75, 3.05) is 6.61 Å². The van der Waals surface area contributed by atoms with Gasteiger partial charge in [-0.05, 0) is 35.0 Å². The van der Waals surface area contributed by atoms with Crippen LogP contribution in [0.15, 0.2) is 23.4 Å². The summed E-state index contributed by atoms with van der Waals surface area (Å²) in [4.78, 5) is 12.6. The van der Waals surface area contributed by atoms with Crippen LogP contribution in [0.5, 0.6) is 0 Å². The molecule has 3 rings (SSSR count). The summed E-state index contributed by atoms with van der Waals surface area (Å²) >= 11 is 2.58. The van der Waals surface area contributed by atoms with E-state index in [1.54, 1.807) is 26.1 Å². The Morgan fingerprint density at radius 2 is 2.30 bits per heavy atom. The summed E-state index contributed by atoms with van der Waals surface area (Å²) < 4.78 is 21.6. The number of carbonyl (C=O) groups is 1. The highest BCUT2D eigenvalue weighted by molar-refractivity contribution is 7.98. The van der Waals surface area contributed by atoms with Crippen LogP contribution in [0, 0.1) is 5.82 Å². The molecule has 0 aliphatic heterocycles. The van der Waals surface area contributed by atoms with Crippen LogP contribution in [0.2, 0.25) is 0 Å². The molecule has 0 amide bonds. The van der Waals surface area contributed by atoms with Crippen LogP contribution in [0.1, 0.15) is 22.2 Å². The first-order valence-electron chi connectivity index (χ1n) is 6.84. The minimum Gasteiger partial charge on any atom is -0.462 e. The molecule has 23 heavy (non-hydrogen) atoms. The maximum atomic E-state index is 14.3. The zero-order valence-corrected chi connectivity index (χ0v) is 14.1. The molecule has 0 saturated carbocycles. The molecule has 0 saturated heterocycles. The number of aromatic nitrogens is 4. The number of hydrogen-bond donors (Lipinski definition) is 0. The van der Waals surface area contributed by atoms with Gasteiger partial charge in [0.1, 0.15) is 10.7 Å². The Balaban J connectivity index is 2.03. The van der Waals surface area contributed by atoms with Gasteiger partial charge in [-0.15, -0.1) is 16.4 Å². The number of fused-ring (bicyclic) bond motifs is 1. The highest BCUT2D eigenvalue weighted by Crippen LogP contribution is 2.37. The third kappa shape index (κ3) is 3.06. The molecule has 0 aliphatic carbocycles. The van der Waals surface area contributed by atoms with Crippen LogP contribution in [-0.2, 0) is 17.5 Å². The molecule has 0 unspecified atom stereocenters. The van der Waals surface area contributed by atoms with E-state index in [0.717, 1.165) is 4.70 Å². The zero-order valence-electron chi connectivity index (χ0n) is 12.4. The Kier molecular flexibility index (Phi) is 4.58. The average Bonchev–Trinajstić information content (AvgIpc) is 3.10. The smallest absolute Gasteiger partial charge is 0.348 e. The number of benzene rings is 1. The van der Waals surface area contributed by atoms with Gasteiger partial charge in [0.2, 0.25) is 5.16 Å². The van der Waals surface area contributed by atoms with E-state index in [2.05, 4.69) is 15.5 Å². The van der Waals surface area contributed by atoms with E-state index < -0.39 is 5.97 Å². The summed E-state index contributed by atoms with van der Waals surface area (Å²) in [6.45, 7) is 2.01. The molecule has 0 spiro atoms. The number of esters is 1. The summed E-state index contributed by atoms with van der Waals surface area (Å²) in [6.07, 6.45) is 0. The van der Waals surface area contributed by atoms with Crippen molar-refractivity contribution >= 4 is 39.2 Å². The molecule has 0 N–H and O–H groups in total. The first-order chi connectivity index (χ1) is 11.1. The van der Waals surface area contributed by atoms with E-state index >= 15 is 0 Å². The maximum Gasteiger partial charge on any atom is 0.348 e. The van der Waals surface area contributed by atoms with Gasteiger partial charge in [-0.1, -0.05) is 17.8 Å². The van der Waals surface area contributed by atoms with Gasteiger partial charge in [-0.2, -0.15) is 0 Å². The second-order valence-corrected chi connectivity index (χ2v) is 6.61. The number of rotatable bonds is 5. The van der Waals surface area contributed by atoms with E-state index in [1.165, 1.54) is 33.8 Å². The molecule has 120 valence electrons. The fourth-order valence-corrected chi connectivity index (χ4v) is 4.25. The Hall–Kier alpha value is -2.00. The number of thioether (sulfide) groups is 1. The van der Waals surface area contributed by atoms with Crippen molar-refractivity contribution in [2.24, 2.45) is 7.05 Å². The fourth-order valence-electron chi connectivity index (χ4n) is 2.15. The lowest BCUT2D eigenvalue weighted by Crippen LogP contribution is -2.05. The zero-order chi connectivity index (χ0) is 16.4. The van der Waals surface area contributed by atoms with Gasteiger partial charge in [0, 0.05) is 22.9 Å². The molecule has 6 nitrogen and oxygen atoms in total. The standard InChI is InChI=1S/C14H13FN4O2S2/c1-3-21-13(20)12-8(7-22-14-16-17-18-19(14)2)11-9(15)5-4-6-10(11)23-12/h4-6H,3,7H2,1-2H3. The third-order valence-electron chi connectivity index (χ3n) is 3.15. The van der Waals surface area contributed by atoms with Gasteiger partial charge >= 0.3 is 5.97 Å². The fraction of sp³-hybridized carbons (Fsp3) is 0.286. The van der Waals surface area contributed by atoms with Gasteiger partial charge in [0.15, 0.2) is 0 Å². The third-order valence-corrected chi connectivity index (χ3v) is 5.37. The number of ether oxygens (including phenoxy) is 1. The number of nitrogens with zero attached hydrogens (tertiary/aromatic N) is 4. The lowest BCUT2D eigenvalue weighted by Gasteiger charge is -2.04. The van der Waals surface area contributed by atoms with Crippen molar-refractivity contribution < 1.29 is 13.9 Å². The molecule has 9 heteroatoms. The van der Waals surface area contributed by atoms with E-state index in [9.17, 15) is 9.18 Å². The molecular weight excluding hydrogens is 339 g/mol. The Morgan fingerprint density at radius 3 is 3.00 bits per heavy atom. The quantitative estimate of drug-likeness (QED) is 0.519. The SMILES string of the molecule is CCOC(=O)c1sc2cccc(F)c2c1CSc1nnnn1C. The van der Waals surface area contributed by atoms with Crippen LogP contribution in [-0.4, -0.2) is 32.8 Å². The summed E-state index contributed by atoms with van der Waals surface area (Å²) in [5.41, 5.74) is 0.620. The van der Waals surface area contributed by atoms with E-state index in [1.807, 2.05) is 0 Å². The monoisotopic (exact) mass is 352 g/mol. The van der Waals surface area contributed by atoms with E-state index in [4.69, 9.17) is 4.74 Å². The van der Waals surface area contributed by atoms with Crippen LogP contribution in [0.4, 0.5) is 4.39 Å². The molecule has 0 radical (unpaired) electrons. The lowest BCUT2D eigenvalue weighted by molar-refractivity contribution is 0.0531. The lowest BCUT2D eigenvalue weighted by atomic mass is 10.1. The van der Waals surface area contributed by atoms with Crippen LogP contribution in [0.3, 0.4) is 0 Å². The molecule has 2 aromatic heterocycles. The van der Waals surface area contributed by atoms with Crippen LogP contribution in [0.25, 0.3) is 10.1 Å². The minimum atomic E-state index is -0.431. The number of halogens is 1. The first-order valence-corrected chi connectivity index (χ1v) is 8.64. The normalized spacial score (nSPS) is 11.1. The Bertz CT molecular complexity index is 862. The van der Waals surface area contributed by atoms with Crippen LogP contribution < -0.4 is 0 Å². The van der Waals surface area contributed by atoms with Gasteiger partial charge in [0.05, 0.1) is 6.61 Å². The Morgan fingerprint density at radius 1 is 1.48 bits per heavy atom. The van der Waals surface area contributed by atoms with Gasteiger partial charge in [-0.3, -0.25) is 0 Å². The number of hydrogen-bond acceptors (Lipinski definition) is 7. The largest absolute Gasteiger partial charge is 0.462 e. The van der Waals surface area contributed by atoms with Gasteiger partial charge in [0.25, 0.3) is 0 Å². The van der Waals surface area contributed by atoms with Crippen molar-refractivity contribution in [3.8, 4) is 0 Å². The first kappa shape index (κ1) is 15.9. The van der Waals surface area contributed by atoms with Crippen molar-refractivity contribution in [1.29, 1.82) is 0 Å². The second kappa shape index (κ2) is 6.63. The van der Waals surface area contributed by atoms with E-state index in [-0.39, 0.29) is 12.4 Å². The minimum absolute atomic E-state index is 0.273. The number of tetrazole rings is 1. The number of thiophene rings is 1. The molecule has 0 bridgehead atoms. The maximum absolute atomic E-state index is 14.3. The molecule has 0 atom stereocenters. The summed E-state index contributed by atoms with van der Waals surface area (Å²) in [5, 5.41) is 12.3. The predicted octanol–water partition coefficient (Wildman–Crippen LogP) is 3.03. The molecule has 3 aromatic rings. The number of aryl methyl sites for hydroxylation is 1. The van der Waals surface area contributed by atoms with Crippen molar-refractivity contribution in [3.63, 3.8) is 0 Å². The van der Waals surface area contributed by atoms with Crippen molar-refractivity contribution in [3.05, 3.63) is 34.5 Å². The summed E-state index contributed by atoms with van der Waals surface area (Å²) in [6, 6.07) is 4.82. The number of carbonyl (C=O) groups excluding carboxylic acids is 1. The molecule has 2 heterocycles. The van der Waals surface area contributed by atoms with Crippen molar-refractivity contribution in [2.45, 2.75) is 17.8 Å². The van der Waals surface area contributed by atoms with E-state index in [0.29, 0.717) is 26.7 Å². The summed E-state index contributed by atoms with van der Waals surface area (Å²) in [7, 11) is 1.72. The second-order valence-electron chi connectivity index (χ2n) is 4.62. The molecule has 1 aromatic carbocycles. The van der Waals surface area contributed by atoms with Crippen molar-refractivity contribution in [1.82, 2.24) is 20.2 Å². The topological polar surface area (TPSA) is 69.9 Å². The molecule has 0 fully saturated rings. The molecular formula is C14H13FN4O2S2. The Labute approximate surface area is 139 Å².